The zero-order valence-electron chi connectivity index (χ0n) is 7.65. The van der Waals surface area contributed by atoms with Gasteiger partial charge < -0.3 is 16.2 Å². The highest BCUT2D eigenvalue weighted by atomic mass is 35.5. The van der Waals surface area contributed by atoms with Crippen molar-refractivity contribution in [2.75, 3.05) is 12.3 Å². The summed E-state index contributed by atoms with van der Waals surface area (Å²) in [5.74, 6) is -0.365. The number of aliphatic hydroxyl groups is 1. The first-order valence-corrected chi connectivity index (χ1v) is 3.86. The maximum atomic E-state index is 11.3. The van der Waals surface area contributed by atoms with Gasteiger partial charge in [-0.3, -0.25) is 9.89 Å². The summed E-state index contributed by atoms with van der Waals surface area (Å²) in [7, 11) is 0. The number of nitrogens with two attached hydrogens (primary N) is 1. The van der Waals surface area contributed by atoms with Crippen molar-refractivity contribution in [1.29, 1.82) is 0 Å². The Bertz CT molecular complexity index is 300. The number of hydrogen-bond donors (Lipinski definition) is 4. The minimum absolute atomic E-state index is 0. The van der Waals surface area contributed by atoms with E-state index in [0.29, 0.717) is 5.69 Å². The van der Waals surface area contributed by atoms with Gasteiger partial charge in [0.05, 0.1) is 18.0 Å². The number of H-pyrrole nitrogens is 1. The first-order chi connectivity index (χ1) is 6.11. The Morgan fingerprint density at radius 2 is 2.50 bits per heavy atom. The third kappa shape index (κ3) is 3.23. The van der Waals surface area contributed by atoms with Gasteiger partial charge in [-0.1, -0.05) is 0 Å². The van der Waals surface area contributed by atoms with Crippen molar-refractivity contribution in [2.45, 2.75) is 13.0 Å². The Kier molecular flexibility index (Phi) is 4.96. The molecule has 0 fully saturated rings. The predicted molar refractivity (Wildman–Crippen MR) is 54.3 cm³/mol. The number of carbonyl (C=O) groups excluding carboxylic acids is 1. The predicted octanol–water partition coefficient (Wildman–Crippen LogP) is -0.476. The molecular formula is C7H13ClN4O2. The number of aromatic amines is 1. The fourth-order valence-electron chi connectivity index (χ4n) is 0.806. The fourth-order valence-corrected chi connectivity index (χ4v) is 0.806. The van der Waals surface area contributed by atoms with Gasteiger partial charge in [0.25, 0.3) is 5.91 Å². The molecule has 7 heteroatoms. The minimum Gasteiger partial charge on any atom is -0.396 e. The molecule has 1 heterocycles. The number of nitrogens with one attached hydrogen (secondary N) is 2. The lowest BCUT2D eigenvalue weighted by Gasteiger charge is -2.05. The van der Waals surface area contributed by atoms with E-state index in [0.717, 1.165) is 0 Å². The summed E-state index contributed by atoms with van der Waals surface area (Å²) in [5.41, 5.74) is 5.95. The van der Waals surface area contributed by atoms with E-state index in [9.17, 15) is 4.79 Å². The molecule has 0 aliphatic carbocycles. The van der Waals surface area contributed by atoms with Crippen LogP contribution in [0.2, 0.25) is 0 Å². The van der Waals surface area contributed by atoms with Crippen LogP contribution >= 0.6 is 12.4 Å². The highest BCUT2D eigenvalue weighted by molar-refractivity contribution is 5.96. The molecule has 0 saturated carbocycles. The number of halogens is 1. The van der Waals surface area contributed by atoms with Gasteiger partial charge in [0.2, 0.25) is 0 Å². The Morgan fingerprint density at radius 1 is 1.86 bits per heavy atom. The van der Waals surface area contributed by atoms with Crippen molar-refractivity contribution >= 4 is 24.0 Å². The summed E-state index contributed by atoms with van der Waals surface area (Å²) in [6, 6.07) is 0. The third-order valence-electron chi connectivity index (χ3n) is 1.45. The van der Waals surface area contributed by atoms with Crippen molar-refractivity contribution < 1.29 is 9.90 Å². The van der Waals surface area contributed by atoms with Gasteiger partial charge in [-0.2, -0.15) is 5.10 Å². The molecule has 1 aromatic heterocycles. The highest BCUT2D eigenvalue weighted by Crippen LogP contribution is 2.04. The molecule has 14 heavy (non-hydrogen) atoms. The molecule has 6 nitrogen and oxygen atoms in total. The normalized spacial score (nSPS) is 11.6. The number of nitrogen functional groups attached to an aromatic ring is 1. The zero-order valence-corrected chi connectivity index (χ0v) is 8.47. The molecule has 1 aromatic rings. The van der Waals surface area contributed by atoms with Crippen LogP contribution < -0.4 is 11.1 Å². The lowest BCUT2D eigenvalue weighted by Crippen LogP contribution is -2.31. The van der Waals surface area contributed by atoms with Gasteiger partial charge in [-0.15, -0.1) is 12.4 Å². The molecule has 1 rings (SSSR count). The Morgan fingerprint density at radius 3 is 2.93 bits per heavy atom. The monoisotopic (exact) mass is 220 g/mol. The van der Waals surface area contributed by atoms with E-state index in [1.54, 1.807) is 6.92 Å². The van der Waals surface area contributed by atoms with Crippen LogP contribution in [0, 0.1) is 0 Å². The number of rotatable bonds is 3. The summed E-state index contributed by atoms with van der Waals surface area (Å²) in [6.45, 7) is 1.77. The van der Waals surface area contributed by atoms with Crippen LogP contribution in [0.1, 0.15) is 17.4 Å². The van der Waals surface area contributed by atoms with E-state index in [-0.39, 0.29) is 30.6 Å². The van der Waals surface area contributed by atoms with Crippen LogP contribution in [0.4, 0.5) is 5.69 Å². The Hall–Kier alpha value is -1.27. The summed E-state index contributed by atoms with van der Waals surface area (Å²) in [4.78, 5) is 11.3. The minimum atomic E-state index is -0.576. The Balaban J connectivity index is 0.00000169. The second-order valence-corrected chi connectivity index (χ2v) is 2.76. The molecule has 0 aromatic carbocycles. The molecule has 1 unspecified atom stereocenters. The molecule has 0 radical (unpaired) electrons. The molecule has 0 saturated heterocycles. The molecule has 0 bridgehead atoms. The van der Waals surface area contributed by atoms with Crippen molar-refractivity contribution in [3.05, 3.63) is 11.9 Å². The molecule has 1 amide bonds. The van der Waals surface area contributed by atoms with Crippen molar-refractivity contribution in [2.24, 2.45) is 0 Å². The van der Waals surface area contributed by atoms with Crippen LogP contribution in [0.25, 0.3) is 0 Å². The second kappa shape index (κ2) is 5.46. The molecule has 5 N–H and O–H groups in total. The quantitative estimate of drug-likeness (QED) is 0.553. The highest BCUT2D eigenvalue weighted by Gasteiger charge is 2.11. The summed E-state index contributed by atoms with van der Waals surface area (Å²) >= 11 is 0. The first kappa shape index (κ1) is 12.7. The molecule has 1 atom stereocenters. The number of aliphatic hydroxyl groups excluding tert-OH is 1. The average molecular weight is 221 g/mol. The van der Waals surface area contributed by atoms with E-state index in [4.69, 9.17) is 10.8 Å². The summed E-state index contributed by atoms with van der Waals surface area (Å²) < 4.78 is 0. The summed E-state index contributed by atoms with van der Waals surface area (Å²) in [6.07, 6.45) is 0.783. The van der Waals surface area contributed by atoms with E-state index in [1.165, 1.54) is 6.20 Å². The van der Waals surface area contributed by atoms with Gasteiger partial charge in [-0.25, -0.2) is 0 Å². The standard InChI is InChI=1S/C7H12N4O2.ClH/c1-4(12)2-9-7(13)6-5(8)3-10-11-6;/h3-4,12H,2,8H2,1H3,(H,9,13)(H,10,11);1H. The first-order valence-electron chi connectivity index (χ1n) is 3.86. The maximum absolute atomic E-state index is 11.3. The lowest BCUT2D eigenvalue weighted by atomic mass is 10.3. The van der Waals surface area contributed by atoms with E-state index >= 15 is 0 Å². The third-order valence-corrected chi connectivity index (χ3v) is 1.45. The topological polar surface area (TPSA) is 104 Å². The van der Waals surface area contributed by atoms with Crippen LogP contribution in [-0.4, -0.2) is 33.9 Å². The van der Waals surface area contributed by atoms with Crippen molar-refractivity contribution in [3.8, 4) is 0 Å². The van der Waals surface area contributed by atoms with Crippen LogP contribution in [0.3, 0.4) is 0 Å². The lowest BCUT2D eigenvalue weighted by molar-refractivity contribution is 0.0920. The number of aromatic nitrogens is 2. The molecular weight excluding hydrogens is 208 g/mol. The number of hydrogen-bond acceptors (Lipinski definition) is 4. The summed E-state index contributed by atoms with van der Waals surface area (Å²) in [5, 5.41) is 17.4. The maximum Gasteiger partial charge on any atom is 0.271 e. The second-order valence-electron chi connectivity index (χ2n) is 2.76. The molecule has 80 valence electrons. The number of anilines is 1. The molecule has 0 spiro atoms. The van der Waals surface area contributed by atoms with Gasteiger partial charge in [0, 0.05) is 6.54 Å². The number of amides is 1. The van der Waals surface area contributed by atoms with E-state index in [1.807, 2.05) is 0 Å². The average Bonchev–Trinajstić information content (AvgIpc) is 2.47. The van der Waals surface area contributed by atoms with Crippen LogP contribution in [0.5, 0.6) is 0 Å². The number of nitrogens with zero attached hydrogens (tertiary/aromatic N) is 1. The molecule has 0 aliphatic rings. The van der Waals surface area contributed by atoms with E-state index < -0.39 is 6.10 Å². The molecule has 0 aliphatic heterocycles. The van der Waals surface area contributed by atoms with Gasteiger partial charge >= 0.3 is 0 Å². The van der Waals surface area contributed by atoms with Gasteiger partial charge in [0.15, 0.2) is 0 Å². The van der Waals surface area contributed by atoms with Crippen molar-refractivity contribution in [1.82, 2.24) is 15.5 Å². The van der Waals surface area contributed by atoms with Gasteiger partial charge in [-0.05, 0) is 6.92 Å². The number of carbonyl (C=O) groups is 1. The smallest absolute Gasteiger partial charge is 0.271 e. The zero-order chi connectivity index (χ0) is 9.84. The van der Waals surface area contributed by atoms with Gasteiger partial charge in [0.1, 0.15) is 5.69 Å². The van der Waals surface area contributed by atoms with E-state index in [2.05, 4.69) is 15.5 Å². The largest absolute Gasteiger partial charge is 0.396 e. The fraction of sp³-hybridized carbons (Fsp3) is 0.429. The van der Waals surface area contributed by atoms with Crippen molar-refractivity contribution in [3.63, 3.8) is 0 Å². The Labute approximate surface area is 87.3 Å². The van der Waals surface area contributed by atoms with Crippen LogP contribution in [0.15, 0.2) is 6.20 Å². The SMILES string of the molecule is CC(O)CNC(=O)c1[nH]ncc1N.Cl. The van der Waals surface area contributed by atoms with Crippen LogP contribution in [-0.2, 0) is 0 Å².